The minimum Gasteiger partial charge on any atom is -0.404 e. The van der Waals surface area contributed by atoms with E-state index in [1.54, 1.807) is 0 Å². The van der Waals surface area contributed by atoms with Gasteiger partial charge in [-0.05, 0) is 48.5 Å². The number of rotatable bonds is 7. The fourth-order valence-corrected chi connectivity index (χ4v) is 11.5. The molecule has 2 aliphatic rings. The van der Waals surface area contributed by atoms with Crippen LogP contribution < -0.4 is 5.32 Å². The third-order valence-corrected chi connectivity index (χ3v) is 13.2. The van der Waals surface area contributed by atoms with E-state index in [4.69, 9.17) is 13.9 Å². The Kier molecular flexibility index (Phi) is 7.11. The number of ether oxygens (including phenoxy) is 2. The summed E-state index contributed by atoms with van der Waals surface area (Å²) in [5.74, 6) is -1.03. The Morgan fingerprint density at radius 2 is 1.62 bits per heavy atom. The van der Waals surface area contributed by atoms with Crippen molar-refractivity contribution in [3.05, 3.63) is 41.6 Å². The highest BCUT2D eigenvalue weighted by atomic mass is 28.4. The zero-order chi connectivity index (χ0) is 23.9. The van der Waals surface area contributed by atoms with Gasteiger partial charge in [0.15, 0.2) is 5.79 Å². The van der Waals surface area contributed by atoms with Crippen molar-refractivity contribution in [2.24, 2.45) is 0 Å². The lowest BCUT2D eigenvalue weighted by Crippen LogP contribution is -2.60. The Balaban J connectivity index is 2.20. The monoisotopic (exact) mass is 459 g/mol. The van der Waals surface area contributed by atoms with Crippen molar-refractivity contribution in [1.29, 1.82) is 0 Å². The third-order valence-electron chi connectivity index (χ3n) is 7.13. The molecule has 3 atom stereocenters. The molecule has 0 radical (unpaired) electrons. The molecule has 3 rings (SSSR count). The molecule has 1 spiro atoms. The molecule has 1 aromatic rings. The molecule has 5 nitrogen and oxygen atoms in total. The maximum atomic E-state index is 13.6. The standard InChI is InChI=1S/C26H41NO4Si/c1-10-22-26(31-25(8,9)29-22)23(30-32(17(2)3,18(4)5)19(6)7)21(27-24(26)28)16-20-14-12-11-13-15-20/h11-19,22-23H,10H2,1-9H3,(H,27,28)/b21-16-/t22-,23-,26-/m0/s1. The first-order chi connectivity index (χ1) is 14.9. The molecular formula is C26H41NO4Si. The van der Waals surface area contributed by atoms with Gasteiger partial charge in [-0.2, -0.15) is 0 Å². The number of hydrogen-bond acceptors (Lipinski definition) is 4. The van der Waals surface area contributed by atoms with E-state index >= 15 is 0 Å². The molecule has 2 saturated heterocycles. The predicted molar refractivity (Wildman–Crippen MR) is 132 cm³/mol. The molecule has 1 amide bonds. The highest BCUT2D eigenvalue weighted by molar-refractivity contribution is 6.77. The summed E-state index contributed by atoms with van der Waals surface area (Å²) in [6, 6.07) is 10.1. The summed E-state index contributed by atoms with van der Waals surface area (Å²) in [6.07, 6.45) is 1.76. The topological polar surface area (TPSA) is 56.8 Å². The molecule has 0 aromatic heterocycles. The molecule has 1 aromatic carbocycles. The molecule has 0 aliphatic carbocycles. The first kappa shape index (κ1) is 25.2. The summed E-state index contributed by atoms with van der Waals surface area (Å²) in [5.41, 5.74) is 1.72. The summed E-state index contributed by atoms with van der Waals surface area (Å²) < 4.78 is 20.0. The third kappa shape index (κ3) is 4.11. The van der Waals surface area contributed by atoms with Gasteiger partial charge in [0.25, 0.3) is 5.91 Å². The van der Waals surface area contributed by atoms with Gasteiger partial charge >= 0.3 is 0 Å². The van der Waals surface area contributed by atoms with Crippen LogP contribution in [0.2, 0.25) is 16.6 Å². The van der Waals surface area contributed by atoms with Gasteiger partial charge in [0.05, 0.1) is 0 Å². The van der Waals surface area contributed by atoms with Crippen LogP contribution >= 0.6 is 0 Å². The minimum absolute atomic E-state index is 0.165. The van der Waals surface area contributed by atoms with E-state index in [1.807, 2.05) is 57.2 Å². The van der Waals surface area contributed by atoms with Crippen molar-refractivity contribution in [2.75, 3.05) is 0 Å². The van der Waals surface area contributed by atoms with Crippen LogP contribution in [0.1, 0.15) is 74.3 Å². The van der Waals surface area contributed by atoms with Crippen LogP contribution in [-0.2, 0) is 18.7 Å². The first-order valence-electron chi connectivity index (χ1n) is 12.0. The van der Waals surface area contributed by atoms with Crippen molar-refractivity contribution in [3.8, 4) is 0 Å². The largest absolute Gasteiger partial charge is 0.404 e. The van der Waals surface area contributed by atoms with E-state index in [1.165, 1.54) is 0 Å². The quantitative estimate of drug-likeness (QED) is 0.507. The number of amides is 1. The molecule has 2 aliphatic heterocycles. The van der Waals surface area contributed by atoms with Gasteiger partial charge in [-0.1, -0.05) is 78.8 Å². The molecule has 178 valence electrons. The normalized spacial score (nSPS) is 29.1. The van der Waals surface area contributed by atoms with Crippen molar-refractivity contribution in [1.82, 2.24) is 5.32 Å². The van der Waals surface area contributed by atoms with Gasteiger partial charge in [-0.15, -0.1) is 0 Å². The van der Waals surface area contributed by atoms with Crippen LogP contribution in [0.25, 0.3) is 6.08 Å². The summed E-state index contributed by atoms with van der Waals surface area (Å²) in [7, 11) is -2.33. The Morgan fingerprint density at radius 3 is 2.12 bits per heavy atom. The lowest BCUT2D eigenvalue weighted by atomic mass is 9.89. The van der Waals surface area contributed by atoms with Crippen molar-refractivity contribution in [2.45, 2.75) is 109 Å². The van der Waals surface area contributed by atoms with Gasteiger partial charge in [0.1, 0.15) is 12.2 Å². The molecule has 0 bridgehead atoms. The molecule has 0 unspecified atom stereocenters. The lowest BCUT2D eigenvalue weighted by molar-refractivity contribution is -0.180. The van der Waals surface area contributed by atoms with E-state index in [9.17, 15) is 4.79 Å². The molecule has 0 saturated carbocycles. The maximum absolute atomic E-state index is 13.6. The summed E-state index contributed by atoms with van der Waals surface area (Å²) >= 11 is 0. The van der Waals surface area contributed by atoms with Gasteiger partial charge in [-0.3, -0.25) is 4.79 Å². The van der Waals surface area contributed by atoms with Gasteiger partial charge in [0.2, 0.25) is 13.9 Å². The van der Waals surface area contributed by atoms with Crippen molar-refractivity contribution >= 4 is 20.3 Å². The van der Waals surface area contributed by atoms with E-state index in [0.717, 1.165) is 11.3 Å². The van der Waals surface area contributed by atoms with Crippen LogP contribution in [0, 0.1) is 0 Å². The Bertz CT molecular complexity index is 827. The van der Waals surface area contributed by atoms with E-state index in [-0.39, 0.29) is 12.0 Å². The summed E-state index contributed by atoms with van der Waals surface area (Å²) in [4.78, 5) is 13.6. The van der Waals surface area contributed by atoms with Crippen LogP contribution in [0.3, 0.4) is 0 Å². The molecule has 32 heavy (non-hydrogen) atoms. The van der Waals surface area contributed by atoms with Gasteiger partial charge in [0, 0.05) is 5.70 Å². The summed E-state index contributed by atoms with van der Waals surface area (Å²) in [6.45, 7) is 19.4. The lowest BCUT2D eigenvalue weighted by Gasteiger charge is -2.46. The Morgan fingerprint density at radius 1 is 1.06 bits per heavy atom. The van der Waals surface area contributed by atoms with E-state index < -0.39 is 25.8 Å². The smallest absolute Gasteiger partial charge is 0.262 e. The number of carbonyl (C=O) groups is 1. The number of nitrogens with one attached hydrogen (secondary N) is 1. The SMILES string of the molecule is CC[C@@H]1OC(C)(C)O[C@@]12C(=O)N/C(=C\c1ccccc1)[C@@H]2O[Si](C(C)C)(C(C)C)C(C)C. The molecular weight excluding hydrogens is 418 g/mol. The average molecular weight is 460 g/mol. The molecule has 6 heteroatoms. The van der Waals surface area contributed by atoms with Crippen LogP contribution in [0.5, 0.6) is 0 Å². The summed E-state index contributed by atoms with van der Waals surface area (Å²) in [5, 5.41) is 3.14. The van der Waals surface area contributed by atoms with Crippen LogP contribution in [0.4, 0.5) is 0 Å². The van der Waals surface area contributed by atoms with Crippen molar-refractivity contribution < 1.29 is 18.7 Å². The number of benzene rings is 1. The molecule has 2 fully saturated rings. The van der Waals surface area contributed by atoms with E-state index in [2.05, 4.69) is 46.9 Å². The highest BCUT2D eigenvalue weighted by Crippen LogP contribution is 2.51. The van der Waals surface area contributed by atoms with Crippen LogP contribution in [0.15, 0.2) is 36.0 Å². The Hall–Kier alpha value is -1.47. The fraction of sp³-hybridized carbons (Fsp3) is 0.654. The second-order valence-electron chi connectivity index (χ2n) is 10.6. The number of carbonyl (C=O) groups excluding carboxylic acids is 1. The van der Waals surface area contributed by atoms with E-state index in [0.29, 0.717) is 23.0 Å². The van der Waals surface area contributed by atoms with Crippen molar-refractivity contribution in [3.63, 3.8) is 0 Å². The predicted octanol–water partition coefficient (Wildman–Crippen LogP) is 6.02. The maximum Gasteiger partial charge on any atom is 0.262 e. The second-order valence-corrected chi connectivity index (χ2v) is 16.0. The minimum atomic E-state index is -2.33. The Labute approximate surface area is 195 Å². The zero-order valence-electron chi connectivity index (χ0n) is 21.2. The highest BCUT2D eigenvalue weighted by Gasteiger charge is 2.68. The zero-order valence-corrected chi connectivity index (χ0v) is 22.2. The molecule has 2 heterocycles. The first-order valence-corrected chi connectivity index (χ1v) is 14.2. The van der Waals surface area contributed by atoms with Gasteiger partial charge < -0.3 is 19.2 Å². The van der Waals surface area contributed by atoms with Crippen LogP contribution in [-0.4, -0.2) is 37.8 Å². The molecule has 1 N–H and O–H groups in total. The van der Waals surface area contributed by atoms with Gasteiger partial charge in [-0.25, -0.2) is 0 Å². The average Bonchev–Trinajstić information content (AvgIpc) is 3.12. The second kappa shape index (κ2) is 9.05. The fourth-order valence-electron chi connectivity index (χ4n) is 5.98. The number of hydrogen-bond donors (Lipinski definition) is 1.